The molecule has 0 spiro atoms. The van der Waals surface area contributed by atoms with Gasteiger partial charge in [-0.25, -0.2) is 0 Å². The maximum atomic E-state index is 11.7. The summed E-state index contributed by atoms with van der Waals surface area (Å²) in [6.45, 7) is 1.10. The molecule has 0 aliphatic rings. The number of nitrogens with one attached hydrogen (secondary N) is 1. The smallest absolute Gasteiger partial charge is 0.311 e. The van der Waals surface area contributed by atoms with E-state index in [1.54, 1.807) is 24.3 Å². The maximum Gasteiger partial charge on any atom is 0.311 e. The van der Waals surface area contributed by atoms with Gasteiger partial charge < -0.3 is 10.1 Å². The number of Topliss-reactive ketones (excluding diaryl/α,β-unsaturated/α-hetero) is 1. The molecule has 0 bridgehead atoms. The second-order valence-corrected chi connectivity index (χ2v) is 5.63. The standard InChI is InChI=1S/C16H15NO4S/c1-11(18)12-4-2-5-13(8-12)17-15(19)10-21-16(20)9-14-6-3-7-22-14/h2-8H,9-10H2,1H3,(H,17,19). The van der Waals surface area contributed by atoms with E-state index in [1.165, 1.54) is 18.3 Å². The normalized spacial score (nSPS) is 10.0. The fourth-order valence-corrected chi connectivity index (χ4v) is 2.46. The number of amides is 1. The molecule has 0 saturated carbocycles. The quantitative estimate of drug-likeness (QED) is 0.657. The molecule has 1 N–H and O–H groups in total. The lowest BCUT2D eigenvalue weighted by molar-refractivity contribution is -0.146. The number of thiophene rings is 1. The topological polar surface area (TPSA) is 72.5 Å². The minimum absolute atomic E-state index is 0.0847. The summed E-state index contributed by atoms with van der Waals surface area (Å²) in [5, 5.41) is 4.46. The minimum Gasteiger partial charge on any atom is -0.455 e. The summed E-state index contributed by atoms with van der Waals surface area (Å²) in [5.41, 5.74) is 1.000. The van der Waals surface area contributed by atoms with Crippen LogP contribution in [-0.4, -0.2) is 24.3 Å². The highest BCUT2D eigenvalue weighted by molar-refractivity contribution is 7.10. The van der Waals surface area contributed by atoms with Crippen molar-refractivity contribution in [2.45, 2.75) is 13.3 Å². The fraction of sp³-hybridized carbons (Fsp3) is 0.188. The Morgan fingerprint density at radius 2 is 2.00 bits per heavy atom. The van der Waals surface area contributed by atoms with E-state index in [-0.39, 0.29) is 18.8 Å². The molecule has 0 saturated heterocycles. The van der Waals surface area contributed by atoms with E-state index in [0.29, 0.717) is 11.3 Å². The van der Waals surface area contributed by atoms with Crippen LogP contribution >= 0.6 is 11.3 Å². The first kappa shape index (κ1) is 15.9. The molecule has 6 heteroatoms. The molecule has 5 nitrogen and oxygen atoms in total. The Hall–Kier alpha value is -2.47. The molecule has 0 atom stereocenters. The molecule has 0 radical (unpaired) electrons. The van der Waals surface area contributed by atoms with Crippen molar-refractivity contribution in [3.05, 3.63) is 52.2 Å². The molecule has 2 aromatic rings. The second-order valence-electron chi connectivity index (χ2n) is 4.60. The van der Waals surface area contributed by atoms with Gasteiger partial charge >= 0.3 is 5.97 Å². The van der Waals surface area contributed by atoms with Crippen molar-refractivity contribution in [2.75, 3.05) is 11.9 Å². The van der Waals surface area contributed by atoms with E-state index in [2.05, 4.69) is 5.32 Å². The first-order valence-corrected chi connectivity index (χ1v) is 7.51. The van der Waals surface area contributed by atoms with Gasteiger partial charge in [0.1, 0.15) is 0 Å². The van der Waals surface area contributed by atoms with E-state index < -0.39 is 11.9 Å². The van der Waals surface area contributed by atoms with E-state index in [4.69, 9.17) is 4.74 Å². The van der Waals surface area contributed by atoms with E-state index in [0.717, 1.165) is 4.88 Å². The Kier molecular flexibility index (Phi) is 5.43. The van der Waals surface area contributed by atoms with Gasteiger partial charge in [-0.2, -0.15) is 0 Å². The average Bonchev–Trinajstić information content (AvgIpc) is 2.98. The number of ether oxygens (including phenoxy) is 1. The largest absolute Gasteiger partial charge is 0.455 e. The van der Waals surface area contributed by atoms with Crippen LogP contribution in [-0.2, 0) is 20.7 Å². The predicted molar refractivity (Wildman–Crippen MR) is 84.1 cm³/mol. The Labute approximate surface area is 131 Å². The molecule has 1 aromatic carbocycles. The third-order valence-corrected chi connectivity index (χ3v) is 3.69. The van der Waals surface area contributed by atoms with Crippen LogP contribution in [0.5, 0.6) is 0 Å². The van der Waals surface area contributed by atoms with Gasteiger partial charge in [0.2, 0.25) is 0 Å². The summed E-state index contributed by atoms with van der Waals surface area (Å²) in [5.74, 6) is -0.978. The number of hydrogen-bond donors (Lipinski definition) is 1. The predicted octanol–water partition coefficient (Wildman–Crippen LogP) is 2.68. The van der Waals surface area contributed by atoms with Gasteiger partial charge in [0.05, 0.1) is 6.42 Å². The Bertz CT molecular complexity index is 679. The van der Waals surface area contributed by atoms with E-state index in [9.17, 15) is 14.4 Å². The van der Waals surface area contributed by atoms with Crippen molar-refractivity contribution in [2.24, 2.45) is 0 Å². The van der Waals surface area contributed by atoms with Crippen molar-refractivity contribution < 1.29 is 19.1 Å². The SMILES string of the molecule is CC(=O)c1cccc(NC(=O)COC(=O)Cc2cccs2)c1. The lowest BCUT2D eigenvalue weighted by atomic mass is 10.1. The maximum absolute atomic E-state index is 11.7. The average molecular weight is 317 g/mol. The number of ketones is 1. The van der Waals surface area contributed by atoms with Crippen molar-refractivity contribution in [1.29, 1.82) is 0 Å². The van der Waals surface area contributed by atoms with Crippen LogP contribution in [0.3, 0.4) is 0 Å². The summed E-state index contributed by atoms with van der Waals surface area (Å²) < 4.78 is 4.92. The molecule has 0 aliphatic carbocycles. The van der Waals surface area contributed by atoms with E-state index >= 15 is 0 Å². The van der Waals surface area contributed by atoms with Crippen molar-refractivity contribution >= 4 is 34.7 Å². The second kappa shape index (κ2) is 7.51. The van der Waals surface area contributed by atoms with Crippen LogP contribution in [0.4, 0.5) is 5.69 Å². The summed E-state index contributed by atoms with van der Waals surface area (Å²) in [6.07, 6.45) is 0.158. The Morgan fingerprint density at radius 3 is 2.68 bits per heavy atom. The molecule has 2 rings (SSSR count). The van der Waals surface area contributed by atoms with Crippen LogP contribution in [0.2, 0.25) is 0 Å². The molecule has 22 heavy (non-hydrogen) atoms. The van der Waals surface area contributed by atoms with Gasteiger partial charge in [0.25, 0.3) is 5.91 Å². The van der Waals surface area contributed by atoms with Crippen molar-refractivity contribution in [1.82, 2.24) is 0 Å². The summed E-state index contributed by atoms with van der Waals surface area (Å²) in [4.78, 5) is 35.5. The summed E-state index contributed by atoms with van der Waals surface area (Å²) >= 11 is 1.46. The van der Waals surface area contributed by atoms with Crippen LogP contribution in [0.15, 0.2) is 41.8 Å². The van der Waals surface area contributed by atoms with Crippen molar-refractivity contribution in [3.8, 4) is 0 Å². The van der Waals surface area contributed by atoms with Crippen LogP contribution in [0.1, 0.15) is 22.2 Å². The number of hydrogen-bond acceptors (Lipinski definition) is 5. The number of rotatable bonds is 6. The first-order chi connectivity index (χ1) is 10.5. The Balaban J connectivity index is 1.81. The van der Waals surface area contributed by atoms with Crippen LogP contribution < -0.4 is 5.32 Å². The van der Waals surface area contributed by atoms with E-state index in [1.807, 2.05) is 17.5 Å². The number of anilines is 1. The number of benzene rings is 1. The molecular formula is C16H15NO4S. The van der Waals surface area contributed by atoms with Gasteiger partial charge in [-0.1, -0.05) is 18.2 Å². The highest BCUT2D eigenvalue weighted by Gasteiger charge is 2.10. The molecular weight excluding hydrogens is 302 g/mol. The Morgan fingerprint density at radius 1 is 1.18 bits per heavy atom. The highest BCUT2D eigenvalue weighted by Crippen LogP contribution is 2.12. The molecule has 0 fully saturated rings. The number of carbonyl (C=O) groups is 3. The molecule has 1 amide bonds. The molecule has 114 valence electrons. The van der Waals surface area contributed by atoms with Crippen LogP contribution in [0, 0.1) is 0 Å². The molecule has 0 aliphatic heterocycles. The van der Waals surface area contributed by atoms with Gasteiger partial charge in [0, 0.05) is 16.1 Å². The highest BCUT2D eigenvalue weighted by atomic mass is 32.1. The molecule has 0 unspecified atom stereocenters. The zero-order valence-electron chi connectivity index (χ0n) is 12.0. The van der Waals surface area contributed by atoms with Crippen LogP contribution in [0.25, 0.3) is 0 Å². The van der Waals surface area contributed by atoms with Gasteiger partial charge in [0.15, 0.2) is 12.4 Å². The van der Waals surface area contributed by atoms with Gasteiger partial charge in [-0.15, -0.1) is 11.3 Å². The third kappa shape index (κ3) is 4.82. The van der Waals surface area contributed by atoms with Gasteiger partial charge in [-0.05, 0) is 30.5 Å². The zero-order chi connectivity index (χ0) is 15.9. The lowest BCUT2D eigenvalue weighted by Crippen LogP contribution is -2.21. The lowest BCUT2D eigenvalue weighted by Gasteiger charge is -2.07. The van der Waals surface area contributed by atoms with Crippen molar-refractivity contribution in [3.63, 3.8) is 0 Å². The summed E-state index contributed by atoms with van der Waals surface area (Å²) in [6, 6.07) is 10.3. The molecule has 1 aromatic heterocycles. The monoisotopic (exact) mass is 317 g/mol. The third-order valence-electron chi connectivity index (χ3n) is 2.82. The van der Waals surface area contributed by atoms with Gasteiger partial charge in [-0.3, -0.25) is 14.4 Å². The first-order valence-electron chi connectivity index (χ1n) is 6.63. The number of carbonyl (C=O) groups excluding carboxylic acids is 3. The minimum atomic E-state index is -0.449. The number of esters is 1. The fourth-order valence-electron chi connectivity index (χ4n) is 1.77. The zero-order valence-corrected chi connectivity index (χ0v) is 12.8. The summed E-state index contributed by atoms with van der Waals surface area (Å²) in [7, 11) is 0. The molecule has 1 heterocycles.